The molecule has 0 bridgehead atoms. The number of carbonyl (C=O) groups is 1. The van der Waals surface area contributed by atoms with Gasteiger partial charge in [-0.2, -0.15) is 0 Å². The van der Waals surface area contributed by atoms with Gasteiger partial charge in [0.15, 0.2) is 0 Å². The van der Waals surface area contributed by atoms with Gasteiger partial charge in [-0.3, -0.25) is 0 Å². The van der Waals surface area contributed by atoms with Crippen molar-refractivity contribution >= 4 is 6.03 Å². The molecule has 1 fully saturated rings. The molecule has 0 aliphatic carbocycles. The molecule has 68 valence electrons. The highest BCUT2D eigenvalue weighted by Gasteiger charge is 2.15. The van der Waals surface area contributed by atoms with Gasteiger partial charge in [-0.25, -0.2) is 4.79 Å². The van der Waals surface area contributed by atoms with E-state index in [1.54, 1.807) is 11.8 Å². The molecule has 0 radical (unpaired) electrons. The summed E-state index contributed by atoms with van der Waals surface area (Å²) in [5.74, 6) is 0. The van der Waals surface area contributed by atoms with Gasteiger partial charge in [-0.1, -0.05) is 6.58 Å². The topological polar surface area (TPSA) is 41.6 Å². The van der Waals surface area contributed by atoms with Crippen LogP contribution in [0.4, 0.5) is 4.79 Å². The van der Waals surface area contributed by atoms with E-state index in [2.05, 4.69) is 11.9 Å². The number of nitrogens with zero attached hydrogens (tertiary/aromatic N) is 1. The maximum atomic E-state index is 11.3. The van der Waals surface area contributed by atoms with Gasteiger partial charge in [-0.05, 0) is 6.92 Å². The highest BCUT2D eigenvalue weighted by Crippen LogP contribution is 1.97. The lowest BCUT2D eigenvalue weighted by molar-refractivity contribution is 0.0538. The first-order valence-electron chi connectivity index (χ1n) is 3.99. The lowest BCUT2D eigenvalue weighted by Gasteiger charge is -2.26. The first-order valence-corrected chi connectivity index (χ1v) is 3.99. The number of urea groups is 1. The molecule has 2 amide bonds. The summed E-state index contributed by atoms with van der Waals surface area (Å²) >= 11 is 0. The van der Waals surface area contributed by atoms with Crippen LogP contribution < -0.4 is 5.32 Å². The van der Waals surface area contributed by atoms with Gasteiger partial charge in [0.2, 0.25) is 0 Å². The molecule has 4 heteroatoms. The number of hydrogen-bond donors (Lipinski definition) is 1. The number of hydrogen-bond acceptors (Lipinski definition) is 2. The Labute approximate surface area is 72.2 Å². The second-order valence-corrected chi connectivity index (χ2v) is 2.81. The van der Waals surface area contributed by atoms with E-state index in [0.29, 0.717) is 32.0 Å². The molecule has 0 saturated carbocycles. The van der Waals surface area contributed by atoms with Crippen LogP contribution in [0.1, 0.15) is 6.92 Å². The average Bonchev–Trinajstić information content (AvgIpc) is 2.05. The quantitative estimate of drug-likeness (QED) is 0.624. The first-order chi connectivity index (χ1) is 5.70. The van der Waals surface area contributed by atoms with Gasteiger partial charge >= 0.3 is 6.03 Å². The molecule has 0 atom stereocenters. The lowest BCUT2D eigenvalue weighted by Crippen LogP contribution is -2.45. The van der Waals surface area contributed by atoms with E-state index in [9.17, 15) is 4.79 Å². The molecule has 0 aromatic carbocycles. The third-order valence-electron chi connectivity index (χ3n) is 1.62. The summed E-state index contributed by atoms with van der Waals surface area (Å²) < 4.78 is 5.11. The van der Waals surface area contributed by atoms with Gasteiger partial charge in [-0.15, -0.1) is 0 Å². The standard InChI is InChI=1S/C8H14N2O2/c1-7(2)9-8(11)10-3-5-12-6-4-10/h1,3-6H2,2H3,(H,9,11). The molecule has 1 aliphatic heterocycles. The monoisotopic (exact) mass is 170 g/mol. The van der Waals surface area contributed by atoms with Crippen LogP contribution in [-0.4, -0.2) is 37.2 Å². The second kappa shape index (κ2) is 4.11. The highest BCUT2D eigenvalue weighted by molar-refractivity contribution is 5.75. The fourth-order valence-electron chi connectivity index (χ4n) is 1.03. The van der Waals surface area contributed by atoms with Crippen molar-refractivity contribution < 1.29 is 9.53 Å². The third kappa shape index (κ3) is 2.54. The third-order valence-corrected chi connectivity index (χ3v) is 1.62. The molecule has 0 aromatic rings. The number of morpholine rings is 1. The Hall–Kier alpha value is -1.03. The fraction of sp³-hybridized carbons (Fsp3) is 0.625. The zero-order chi connectivity index (χ0) is 8.97. The predicted molar refractivity (Wildman–Crippen MR) is 45.7 cm³/mol. The SMILES string of the molecule is C=C(C)NC(=O)N1CCOCC1. The summed E-state index contributed by atoms with van der Waals surface area (Å²) in [5, 5.41) is 2.65. The van der Waals surface area contributed by atoms with Gasteiger partial charge in [0.25, 0.3) is 0 Å². The van der Waals surface area contributed by atoms with E-state index in [1.165, 1.54) is 0 Å². The number of allylic oxidation sites excluding steroid dienone is 1. The van der Waals surface area contributed by atoms with Gasteiger partial charge in [0.05, 0.1) is 13.2 Å². The largest absolute Gasteiger partial charge is 0.378 e. The van der Waals surface area contributed by atoms with E-state index in [0.717, 1.165) is 0 Å². The molecule has 1 rings (SSSR count). The van der Waals surface area contributed by atoms with Crippen LogP contribution in [0.2, 0.25) is 0 Å². The Kier molecular flexibility index (Phi) is 3.10. The Morgan fingerprint density at radius 1 is 1.50 bits per heavy atom. The minimum atomic E-state index is -0.0780. The minimum absolute atomic E-state index is 0.0780. The summed E-state index contributed by atoms with van der Waals surface area (Å²) in [6.45, 7) is 7.95. The lowest BCUT2D eigenvalue weighted by atomic mass is 10.4. The molecule has 1 N–H and O–H groups in total. The zero-order valence-electron chi connectivity index (χ0n) is 7.30. The summed E-state index contributed by atoms with van der Waals surface area (Å²) in [5.41, 5.74) is 0.673. The van der Waals surface area contributed by atoms with Crippen molar-refractivity contribution in [2.75, 3.05) is 26.3 Å². The number of nitrogens with one attached hydrogen (secondary N) is 1. The van der Waals surface area contributed by atoms with E-state index < -0.39 is 0 Å². The van der Waals surface area contributed by atoms with Crippen molar-refractivity contribution in [3.63, 3.8) is 0 Å². The average molecular weight is 170 g/mol. The van der Waals surface area contributed by atoms with Crippen molar-refractivity contribution in [3.05, 3.63) is 12.3 Å². The number of ether oxygens (including phenoxy) is 1. The summed E-state index contributed by atoms with van der Waals surface area (Å²) in [6.07, 6.45) is 0. The molecule has 12 heavy (non-hydrogen) atoms. The molecule has 1 heterocycles. The molecule has 1 saturated heterocycles. The predicted octanol–water partition coefficient (Wildman–Crippen LogP) is 0.562. The van der Waals surface area contributed by atoms with Crippen LogP contribution in [0.5, 0.6) is 0 Å². The van der Waals surface area contributed by atoms with E-state index >= 15 is 0 Å². The molecule has 0 aromatic heterocycles. The normalized spacial score (nSPS) is 17.2. The van der Waals surface area contributed by atoms with Crippen LogP contribution in [0.15, 0.2) is 12.3 Å². The van der Waals surface area contributed by atoms with Gasteiger partial charge < -0.3 is 15.0 Å². The molecular formula is C8H14N2O2. The summed E-state index contributed by atoms with van der Waals surface area (Å²) in [6, 6.07) is -0.0780. The van der Waals surface area contributed by atoms with Crippen LogP contribution in [0.3, 0.4) is 0 Å². The van der Waals surface area contributed by atoms with Gasteiger partial charge in [0.1, 0.15) is 0 Å². The molecule has 1 aliphatic rings. The summed E-state index contributed by atoms with van der Waals surface area (Å²) in [7, 11) is 0. The fourth-order valence-corrected chi connectivity index (χ4v) is 1.03. The number of carbonyl (C=O) groups excluding carboxylic acids is 1. The van der Waals surface area contributed by atoms with Crippen molar-refractivity contribution in [1.29, 1.82) is 0 Å². The number of amides is 2. The van der Waals surface area contributed by atoms with E-state index in [-0.39, 0.29) is 6.03 Å². The Morgan fingerprint density at radius 2 is 2.08 bits per heavy atom. The molecular weight excluding hydrogens is 156 g/mol. The van der Waals surface area contributed by atoms with E-state index in [1.807, 2.05) is 0 Å². The van der Waals surface area contributed by atoms with Crippen LogP contribution in [-0.2, 0) is 4.74 Å². The minimum Gasteiger partial charge on any atom is -0.378 e. The summed E-state index contributed by atoms with van der Waals surface area (Å²) in [4.78, 5) is 13.0. The van der Waals surface area contributed by atoms with Gasteiger partial charge in [0, 0.05) is 18.8 Å². The molecule has 0 spiro atoms. The molecule has 0 unspecified atom stereocenters. The van der Waals surface area contributed by atoms with Crippen LogP contribution in [0.25, 0.3) is 0 Å². The first kappa shape index (κ1) is 9.06. The molecule has 4 nitrogen and oxygen atoms in total. The van der Waals surface area contributed by atoms with Crippen molar-refractivity contribution in [3.8, 4) is 0 Å². The van der Waals surface area contributed by atoms with Crippen molar-refractivity contribution in [2.24, 2.45) is 0 Å². The maximum absolute atomic E-state index is 11.3. The van der Waals surface area contributed by atoms with Crippen molar-refractivity contribution in [2.45, 2.75) is 6.92 Å². The maximum Gasteiger partial charge on any atom is 0.321 e. The van der Waals surface area contributed by atoms with Crippen LogP contribution in [0, 0.1) is 0 Å². The number of rotatable bonds is 1. The van der Waals surface area contributed by atoms with Crippen molar-refractivity contribution in [1.82, 2.24) is 10.2 Å². The Balaban J connectivity index is 2.34. The Morgan fingerprint density at radius 3 is 2.58 bits per heavy atom. The second-order valence-electron chi connectivity index (χ2n) is 2.81. The highest BCUT2D eigenvalue weighted by atomic mass is 16.5. The smallest absolute Gasteiger partial charge is 0.321 e. The van der Waals surface area contributed by atoms with E-state index in [4.69, 9.17) is 4.74 Å². The Bertz CT molecular complexity index is 185. The van der Waals surface area contributed by atoms with Crippen LogP contribution >= 0.6 is 0 Å². The zero-order valence-corrected chi connectivity index (χ0v) is 7.30.